The highest BCUT2D eigenvalue weighted by atomic mass is 35.5. The summed E-state index contributed by atoms with van der Waals surface area (Å²) < 4.78 is 11.1. The van der Waals surface area contributed by atoms with Crippen LogP contribution < -0.4 is 5.73 Å². The van der Waals surface area contributed by atoms with Gasteiger partial charge in [0.2, 0.25) is 0 Å². The van der Waals surface area contributed by atoms with Crippen molar-refractivity contribution in [2.45, 2.75) is 85.7 Å². The highest BCUT2D eigenvalue weighted by Crippen LogP contribution is 2.22. The smallest absolute Gasteiger partial charge is 0.330 e. The van der Waals surface area contributed by atoms with Gasteiger partial charge in [-0.15, -0.1) is 12.4 Å². The van der Waals surface area contributed by atoms with Crippen molar-refractivity contribution < 1.29 is 24.2 Å². The van der Waals surface area contributed by atoms with Crippen LogP contribution in [-0.4, -0.2) is 34.8 Å². The van der Waals surface area contributed by atoms with Crippen molar-refractivity contribution >= 4 is 30.4 Å². The molecule has 0 heterocycles. The maximum Gasteiger partial charge on any atom is 0.330 e. The second kappa shape index (κ2) is 14.3. The molecule has 0 spiro atoms. The maximum atomic E-state index is 12.7. The second-order valence-electron chi connectivity index (χ2n) is 10.6. The van der Waals surface area contributed by atoms with Gasteiger partial charge in [-0.2, -0.15) is 0 Å². The number of benzene rings is 1. The van der Waals surface area contributed by atoms with Crippen molar-refractivity contribution in [1.82, 2.24) is 0 Å². The van der Waals surface area contributed by atoms with E-state index in [0.717, 1.165) is 11.1 Å². The minimum Gasteiger partial charge on any atom is -0.460 e. The summed E-state index contributed by atoms with van der Waals surface area (Å²) in [4.78, 5) is 24.6. The monoisotopic (exact) mass is 495 g/mol. The molecule has 192 valence electrons. The number of rotatable bonds is 10. The Balaban J connectivity index is 0.0000109. The number of hydrogen-bond donors (Lipinski definition) is 2. The minimum atomic E-state index is -0.718. The van der Waals surface area contributed by atoms with Crippen molar-refractivity contribution in [3.8, 4) is 0 Å². The van der Waals surface area contributed by atoms with E-state index in [1.165, 1.54) is 6.08 Å². The lowest BCUT2D eigenvalue weighted by atomic mass is 9.88. The molecule has 0 radical (unpaired) electrons. The van der Waals surface area contributed by atoms with E-state index in [9.17, 15) is 14.7 Å². The fourth-order valence-electron chi connectivity index (χ4n) is 3.10. The molecule has 0 unspecified atom stereocenters. The molecule has 6 nitrogen and oxygen atoms in total. The third-order valence-corrected chi connectivity index (χ3v) is 4.77. The quantitative estimate of drug-likeness (QED) is 0.341. The van der Waals surface area contributed by atoms with E-state index < -0.39 is 29.7 Å². The van der Waals surface area contributed by atoms with Gasteiger partial charge >= 0.3 is 11.9 Å². The third-order valence-electron chi connectivity index (χ3n) is 4.77. The SMILES string of the molecule is C[C@H](/C=C/c1ccc(CO)cc1)[C@H](C/C=C/C(=O)OC(C)(C)C)OC(=O)[C@@H](N)CC(C)(C)C.Cl. The van der Waals surface area contributed by atoms with E-state index >= 15 is 0 Å². The first-order chi connectivity index (χ1) is 15.2. The average molecular weight is 496 g/mol. The van der Waals surface area contributed by atoms with Crippen LogP contribution in [0.4, 0.5) is 0 Å². The number of aliphatic hydroxyl groups excluding tert-OH is 1. The van der Waals surface area contributed by atoms with E-state index in [2.05, 4.69) is 0 Å². The predicted molar refractivity (Wildman–Crippen MR) is 139 cm³/mol. The second-order valence-corrected chi connectivity index (χ2v) is 10.6. The predicted octanol–water partition coefficient (Wildman–Crippen LogP) is 5.21. The first-order valence-corrected chi connectivity index (χ1v) is 11.4. The van der Waals surface area contributed by atoms with E-state index in [1.54, 1.807) is 26.8 Å². The molecule has 34 heavy (non-hydrogen) atoms. The fraction of sp³-hybridized carbons (Fsp3) is 0.556. The first-order valence-electron chi connectivity index (χ1n) is 11.4. The standard InChI is InChI=1S/C27H41NO5.ClH/c1-19(11-12-20-13-15-21(18-29)16-14-20)23(9-8-10-24(30)33-27(5,6)7)32-25(31)22(28)17-26(2,3)4;/h8,10-16,19,22-23,29H,9,17-18,28H2,1-7H3;1H/b10-8+,12-11+;/t19-,22+,23+;/m1./s1. The topological polar surface area (TPSA) is 98.9 Å². The summed E-state index contributed by atoms with van der Waals surface area (Å²) >= 11 is 0. The summed E-state index contributed by atoms with van der Waals surface area (Å²) in [6, 6.07) is 6.83. The zero-order valence-electron chi connectivity index (χ0n) is 21.5. The molecule has 0 bridgehead atoms. The average Bonchev–Trinajstić information content (AvgIpc) is 2.68. The zero-order chi connectivity index (χ0) is 25.2. The molecule has 1 aromatic rings. The molecule has 7 heteroatoms. The number of hydrogen-bond acceptors (Lipinski definition) is 6. The normalized spacial score (nSPS) is 15.0. The van der Waals surface area contributed by atoms with Crippen molar-refractivity contribution in [3.63, 3.8) is 0 Å². The van der Waals surface area contributed by atoms with Crippen LogP contribution in [0.1, 0.15) is 72.4 Å². The van der Waals surface area contributed by atoms with Gasteiger partial charge < -0.3 is 20.3 Å². The van der Waals surface area contributed by atoms with Crippen molar-refractivity contribution in [1.29, 1.82) is 0 Å². The molecule has 3 N–H and O–H groups in total. The lowest BCUT2D eigenvalue weighted by Crippen LogP contribution is -2.39. The van der Waals surface area contributed by atoms with Crippen LogP contribution in [0.3, 0.4) is 0 Å². The zero-order valence-corrected chi connectivity index (χ0v) is 22.4. The van der Waals surface area contributed by atoms with Crippen LogP contribution in [0.2, 0.25) is 0 Å². The van der Waals surface area contributed by atoms with E-state index in [-0.39, 0.29) is 30.3 Å². The van der Waals surface area contributed by atoms with Gasteiger partial charge in [0, 0.05) is 18.4 Å². The number of carbonyl (C=O) groups excluding carboxylic acids is 2. The molecule has 0 amide bonds. The molecular weight excluding hydrogens is 454 g/mol. The lowest BCUT2D eigenvalue weighted by Gasteiger charge is -2.26. The molecule has 0 aromatic heterocycles. The Morgan fingerprint density at radius 3 is 2.18 bits per heavy atom. The lowest BCUT2D eigenvalue weighted by molar-refractivity contribution is -0.153. The summed E-state index contributed by atoms with van der Waals surface area (Å²) in [5, 5.41) is 9.19. The molecule has 1 aromatic carbocycles. The van der Waals surface area contributed by atoms with Crippen LogP contribution in [0.5, 0.6) is 0 Å². The van der Waals surface area contributed by atoms with Crippen LogP contribution in [0.25, 0.3) is 6.08 Å². The molecular formula is C27H42ClNO5. The highest BCUT2D eigenvalue weighted by Gasteiger charge is 2.26. The third kappa shape index (κ3) is 13.5. The summed E-state index contributed by atoms with van der Waals surface area (Å²) in [5.41, 5.74) is 7.22. The highest BCUT2D eigenvalue weighted by molar-refractivity contribution is 5.85. The minimum absolute atomic E-state index is 0. The Hall–Kier alpha value is -2.15. The van der Waals surface area contributed by atoms with Gasteiger partial charge in [-0.1, -0.05) is 70.2 Å². The van der Waals surface area contributed by atoms with Crippen LogP contribution in [-0.2, 0) is 25.7 Å². The Morgan fingerprint density at radius 1 is 1.09 bits per heavy atom. The number of aliphatic hydroxyl groups is 1. The molecule has 0 saturated carbocycles. The number of esters is 2. The van der Waals surface area contributed by atoms with Crippen LogP contribution in [0.15, 0.2) is 42.5 Å². The molecule has 0 aliphatic carbocycles. The molecule has 0 fully saturated rings. The number of halogens is 1. The fourth-order valence-corrected chi connectivity index (χ4v) is 3.10. The van der Waals surface area contributed by atoms with Gasteiger partial charge in [0.1, 0.15) is 17.7 Å². The summed E-state index contributed by atoms with van der Waals surface area (Å²) in [5.74, 6) is -1.02. The molecule has 0 saturated heterocycles. The van der Waals surface area contributed by atoms with Crippen LogP contribution in [0, 0.1) is 11.3 Å². The van der Waals surface area contributed by atoms with E-state index in [1.807, 2.05) is 64.1 Å². The van der Waals surface area contributed by atoms with Gasteiger partial charge in [-0.25, -0.2) is 4.79 Å². The van der Waals surface area contributed by atoms with Crippen molar-refractivity contribution in [3.05, 3.63) is 53.6 Å². The Bertz CT molecular complexity index is 819. The Morgan fingerprint density at radius 2 is 1.68 bits per heavy atom. The van der Waals surface area contributed by atoms with E-state index in [4.69, 9.17) is 15.2 Å². The van der Waals surface area contributed by atoms with Gasteiger partial charge in [0.05, 0.1) is 6.61 Å². The van der Waals surface area contributed by atoms with Gasteiger partial charge in [0.15, 0.2) is 0 Å². The van der Waals surface area contributed by atoms with Gasteiger partial charge in [0.25, 0.3) is 0 Å². The molecule has 3 atom stereocenters. The van der Waals surface area contributed by atoms with Crippen molar-refractivity contribution in [2.75, 3.05) is 0 Å². The first kappa shape index (κ1) is 31.9. The molecule has 1 rings (SSSR count). The molecule has 0 aliphatic rings. The Labute approximate surface area is 211 Å². The number of nitrogens with two attached hydrogens (primary N) is 1. The number of carbonyl (C=O) groups is 2. The van der Waals surface area contributed by atoms with Gasteiger partial charge in [-0.3, -0.25) is 4.79 Å². The summed E-state index contributed by atoms with van der Waals surface area (Å²) in [6.07, 6.45) is 7.31. The summed E-state index contributed by atoms with van der Waals surface area (Å²) in [6.45, 7) is 13.4. The summed E-state index contributed by atoms with van der Waals surface area (Å²) in [7, 11) is 0. The Kier molecular flexibility index (Phi) is 13.4. The van der Waals surface area contributed by atoms with Gasteiger partial charge in [-0.05, 0) is 43.7 Å². The van der Waals surface area contributed by atoms with Crippen LogP contribution >= 0.6 is 12.4 Å². The molecule has 0 aliphatic heterocycles. The number of ether oxygens (including phenoxy) is 2. The maximum absolute atomic E-state index is 12.7. The van der Waals surface area contributed by atoms with E-state index in [0.29, 0.717) is 12.8 Å². The van der Waals surface area contributed by atoms with Crippen molar-refractivity contribution in [2.24, 2.45) is 17.1 Å². The largest absolute Gasteiger partial charge is 0.460 e.